The van der Waals surface area contributed by atoms with Crippen molar-refractivity contribution in [3.63, 3.8) is 0 Å². The molecular weight excluding hydrogens is 271 g/mol. The summed E-state index contributed by atoms with van der Waals surface area (Å²) in [6, 6.07) is -0.0699. The summed E-state index contributed by atoms with van der Waals surface area (Å²) in [5.74, 6) is -0.179. The van der Waals surface area contributed by atoms with E-state index in [1.54, 1.807) is 6.08 Å². The number of rotatable bonds is 4. The Morgan fingerprint density at radius 3 is 2.75 bits per heavy atom. The highest BCUT2D eigenvalue weighted by Crippen LogP contribution is 2.22. The predicted octanol–water partition coefficient (Wildman–Crippen LogP) is 0.890. The van der Waals surface area contributed by atoms with Gasteiger partial charge in [0.15, 0.2) is 0 Å². The smallest absolute Gasteiger partial charge is 0.355 e. The van der Waals surface area contributed by atoms with Crippen molar-refractivity contribution >= 4 is 5.91 Å². The fourth-order valence-corrected chi connectivity index (χ4v) is 2.77. The van der Waals surface area contributed by atoms with Gasteiger partial charge in [-0.25, -0.2) is 0 Å². The molecule has 0 bridgehead atoms. The first-order valence-electron chi connectivity index (χ1n) is 6.84. The van der Waals surface area contributed by atoms with E-state index in [9.17, 15) is 18.0 Å². The summed E-state index contributed by atoms with van der Waals surface area (Å²) in [5, 5.41) is 2.82. The molecule has 2 aliphatic rings. The summed E-state index contributed by atoms with van der Waals surface area (Å²) in [7, 11) is 0. The van der Waals surface area contributed by atoms with E-state index in [1.807, 2.05) is 6.08 Å². The molecule has 1 heterocycles. The van der Waals surface area contributed by atoms with E-state index in [4.69, 9.17) is 5.73 Å². The molecule has 114 valence electrons. The Morgan fingerprint density at radius 1 is 1.40 bits per heavy atom. The third kappa shape index (κ3) is 4.49. The highest BCUT2D eigenvalue weighted by Gasteiger charge is 2.34. The van der Waals surface area contributed by atoms with Crippen molar-refractivity contribution in [3.8, 4) is 0 Å². The maximum Gasteiger partial charge on any atom is 0.401 e. The van der Waals surface area contributed by atoms with Crippen LogP contribution in [0.3, 0.4) is 0 Å². The molecule has 3 atom stereocenters. The van der Waals surface area contributed by atoms with Crippen LogP contribution in [-0.4, -0.2) is 49.2 Å². The standard InChI is InChI=1S/C13H20F3N3O/c14-13(15,16)8-19-4-3-9(7-19)6-18-12(20)10-1-2-11(17)5-10/h1-2,9-11H,3-8,17H2,(H,18,20). The zero-order valence-electron chi connectivity index (χ0n) is 11.2. The Balaban J connectivity index is 1.68. The molecule has 0 radical (unpaired) electrons. The highest BCUT2D eigenvalue weighted by atomic mass is 19.4. The van der Waals surface area contributed by atoms with Crippen LogP contribution < -0.4 is 11.1 Å². The topological polar surface area (TPSA) is 58.4 Å². The first kappa shape index (κ1) is 15.3. The number of hydrogen-bond donors (Lipinski definition) is 2. The zero-order valence-corrected chi connectivity index (χ0v) is 11.2. The molecule has 0 spiro atoms. The van der Waals surface area contributed by atoms with Crippen LogP contribution >= 0.6 is 0 Å². The lowest BCUT2D eigenvalue weighted by atomic mass is 10.1. The summed E-state index contributed by atoms with van der Waals surface area (Å²) in [4.78, 5) is 13.2. The molecule has 20 heavy (non-hydrogen) atoms. The number of carbonyl (C=O) groups excluding carboxylic acids is 1. The minimum Gasteiger partial charge on any atom is -0.355 e. The highest BCUT2D eigenvalue weighted by molar-refractivity contribution is 5.81. The largest absolute Gasteiger partial charge is 0.401 e. The van der Waals surface area contributed by atoms with Crippen molar-refractivity contribution in [1.29, 1.82) is 0 Å². The molecule has 1 aliphatic carbocycles. The van der Waals surface area contributed by atoms with Crippen LogP contribution in [0.1, 0.15) is 12.8 Å². The van der Waals surface area contributed by atoms with Crippen LogP contribution in [0.4, 0.5) is 13.2 Å². The summed E-state index contributed by atoms with van der Waals surface area (Å²) in [6.45, 7) is 0.401. The third-order valence-electron chi connectivity index (χ3n) is 3.79. The number of nitrogens with one attached hydrogen (secondary N) is 1. The molecule has 0 aromatic carbocycles. The van der Waals surface area contributed by atoms with Gasteiger partial charge in [-0.15, -0.1) is 0 Å². The Hall–Kier alpha value is -1.08. The maximum absolute atomic E-state index is 12.3. The van der Waals surface area contributed by atoms with Gasteiger partial charge in [-0.1, -0.05) is 12.2 Å². The second-order valence-electron chi connectivity index (χ2n) is 5.64. The van der Waals surface area contributed by atoms with E-state index in [1.165, 1.54) is 4.90 Å². The van der Waals surface area contributed by atoms with E-state index in [2.05, 4.69) is 5.32 Å². The zero-order chi connectivity index (χ0) is 14.8. The predicted molar refractivity (Wildman–Crippen MR) is 68.8 cm³/mol. The summed E-state index contributed by atoms with van der Waals surface area (Å²) >= 11 is 0. The number of nitrogens with two attached hydrogens (primary N) is 1. The average Bonchev–Trinajstić information content (AvgIpc) is 2.93. The summed E-state index contributed by atoms with van der Waals surface area (Å²) in [6.07, 6.45) is 0.755. The number of alkyl halides is 3. The van der Waals surface area contributed by atoms with Crippen molar-refractivity contribution in [1.82, 2.24) is 10.2 Å². The van der Waals surface area contributed by atoms with Gasteiger partial charge in [0.1, 0.15) is 0 Å². The van der Waals surface area contributed by atoms with Gasteiger partial charge in [0.25, 0.3) is 0 Å². The summed E-state index contributed by atoms with van der Waals surface area (Å²) < 4.78 is 36.8. The van der Waals surface area contributed by atoms with E-state index >= 15 is 0 Å². The fraction of sp³-hybridized carbons (Fsp3) is 0.769. The van der Waals surface area contributed by atoms with Crippen LogP contribution in [0, 0.1) is 11.8 Å². The normalized spacial score (nSPS) is 30.9. The first-order valence-corrected chi connectivity index (χ1v) is 6.84. The number of nitrogens with zero attached hydrogens (tertiary/aromatic N) is 1. The van der Waals surface area contributed by atoms with Crippen molar-refractivity contribution in [2.75, 3.05) is 26.2 Å². The number of amides is 1. The molecule has 7 heteroatoms. The van der Waals surface area contributed by atoms with Crippen LogP contribution in [0.15, 0.2) is 12.2 Å². The van der Waals surface area contributed by atoms with E-state index in [0.717, 1.165) is 0 Å². The molecular formula is C13H20F3N3O. The van der Waals surface area contributed by atoms with Crippen molar-refractivity contribution in [2.24, 2.45) is 17.6 Å². The molecule has 1 aliphatic heterocycles. The Kier molecular flexibility index (Phi) is 4.70. The van der Waals surface area contributed by atoms with Gasteiger partial charge in [-0.05, 0) is 25.3 Å². The fourth-order valence-electron chi connectivity index (χ4n) is 2.77. The molecule has 3 unspecified atom stereocenters. The Morgan fingerprint density at radius 2 is 2.15 bits per heavy atom. The van der Waals surface area contributed by atoms with Gasteiger partial charge in [-0.2, -0.15) is 13.2 Å². The maximum atomic E-state index is 12.3. The Bertz CT molecular complexity index is 384. The van der Waals surface area contributed by atoms with Gasteiger partial charge in [0.05, 0.1) is 12.5 Å². The van der Waals surface area contributed by atoms with Crippen LogP contribution in [0.5, 0.6) is 0 Å². The number of carbonyl (C=O) groups is 1. The number of likely N-dealkylation sites (tertiary alicyclic amines) is 1. The molecule has 2 rings (SSSR count). The minimum absolute atomic E-state index is 0.0699. The van der Waals surface area contributed by atoms with Gasteiger partial charge in [0, 0.05) is 19.1 Å². The molecule has 0 aromatic heterocycles. The van der Waals surface area contributed by atoms with Crippen molar-refractivity contribution in [2.45, 2.75) is 25.1 Å². The minimum atomic E-state index is -4.15. The van der Waals surface area contributed by atoms with Crippen molar-refractivity contribution in [3.05, 3.63) is 12.2 Å². The lowest BCUT2D eigenvalue weighted by Crippen LogP contribution is -2.36. The molecule has 0 aromatic rings. The molecule has 1 saturated heterocycles. The monoisotopic (exact) mass is 291 g/mol. The Labute approximate surface area is 116 Å². The van der Waals surface area contributed by atoms with Gasteiger partial charge in [-0.3, -0.25) is 9.69 Å². The van der Waals surface area contributed by atoms with Crippen LogP contribution in [0.2, 0.25) is 0 Å². The molecule has 1 amide bonds. The van der Waals surface area contributed by atoms with E-state index in [0.29, 0.717) is 32.5 Å². The molecule has 4 nitrogen and oxygen atoms in total. The van der Waals surface area contributed by atoms with Crippen molar-refractivity contribution < 1.29 is 18.0 Å². The second kappa shape index (κ2) is 6.13. The first-order chi connectivity index (χ1) is 9.33. The third-order valence-corrected chi connectivity index (χ3v) is 3.79. The number of hydrogen-bond acceptors (Lipinski definition) is 3. The molecule has 3 N–H and O–H groups in total. The van der Waals surface area contributed by atoms with E-state index < -0.39 is 12.7 Å². The number of halogens is 3. The van der Waals surface area contributed by atoms with Crippen LogP contribution in [-0.2, 0) is 4.79 Å². The molecule has 0 saturated carbocycles. The quantitative estimate of drug-likeness (QED) is 0.756. The molecule has 1 fully saturated rings. The van der Waals surface area contributed by atoms with E-state index in [-0.39, 0.29) is 23.8 Å². The van der Waals surface area contributed by atoms with Crippen LogP contribution in [0.25, 0.3) is 0 Å². The van der Waals surface area contributed by atoms with Gasteiger partial charge in [0.2, 0.25) is 5.91 Å². The average molecular weight is 291 g/mol. The lowest BCUT2D eigenvalue weighted by Gasteiger charge is -2.18. The lowest BCUT2D eigenvalue weighted by molar-refractivity contribution is -0.143. The SMILES string of the molecule is NC1C=CC(C(=O)NCC2CCN(CC(F)(F)F)C2)C1. The summed E-state index contributed by atoms with van der Waals surface area (Å²) in [5.41, 5.74) is 5.68. The van der Waals surface area contributed by atoms with Gasteiger partial charge >= 0.3 is 6.18 Å². The second-order valence-corrected chi connectivity index (χ2v) is 5.64. The van der Waals surface area contributed by atoms with Gasteiger partial charge < -0.3 is 11.1 Å².